The SMILES string of the molecule is CCCCc1nc(NS(=O)(=O)c2ccc(OC)cc2)ncc1Sc1ccc(S(=O)(=O)N2CCCCC2)cc1. The Labute approximate surface area is 229 Å². The smallest absolute Gasteiger partial charge is 0.264 e. The maximum Gasteiger partial charge on any atom is 0.264 e. The highest BCUT2D eigenvalue weighted by Crippen LogP contribution is 2.32. The number of sulfonamides is 2. The van der Waals surface area contributed by atoms with E-state index in [1.807, 2.05) is 0 Å². The van der Waals surface area contributed by atoms with E-state index in [1.165, 1.54) is 31.0 Å². The molecular formula is C26H32N4O5S3. The van der Waals surface area contributed by atoms with Gasteiger partial charge in [-0.25, -0.2) is 31.5 Å². The van der Waals surface area contributed by atoms with Crippen LogP contribution in [-0.2, 0) is 26.5 Å². The van der Waals surface area contributed by atoms with Gasteiger partial charge in [-0.2, -0.15) is 4.31 Å². The molecule has 0 unspecified atom stereocenters. The lowest BCUT2D eigenvalue weighted by Gasteiger charge is -2.25. The quantitative estimate of drug-likeness (QED) is 0.341. The van der Waals surface area contributed by atoms with Crippen LogP contribution < -0.4 is 9.46 Å². The first kappa shape index (κ1) is 28.3. The van der Waals surface area contributed by atoms with Crippen molar-refractivity contribution < 1.29 is 21.6 Å². The molecule has 4 rings (SSSR count). The number of nitrogens with one attached hydrogen (secondary N) is 1. The molecule has 0 bridgehead atoms. The minimum absolute atomic E-state index is 0.000700. The number of benzene rings is 2. The van der Waals surface area contributed by atoms with Crippen LogP contribution in [0.2, 0.25) is 0 Å². The first-order chi connectivity index (χ1) is 18.2. The molecule has 0 atom stereocenters. The van der Waals surface area contributed by atoms with Crippen LogP contribution in [0.25, 0.3) is 0 Å². The van der Waals surface area contributed by atoms with Crippen molar-refractivity contribution in [3.8, 4) is 5.75 Å². The van der Waals surface area contributed by atoms with Crippen molar-refractivity contribution in [2.24, 2.45) is 0 Å². The Kier molecular flexibility index (Phi) is 9.29. The predicted molar refractivity (Wildman–Crippen MR) is 148 cm³/mol. The monoisotopic (exact) mass is 576 g/mol. The van der Waals surface area contributed by atoms with Crippen LogP contribution in [0.15, 0.2) is 74.3 Å². The third kappa shape index (κ3) is 6.85. The van der Waals surface area contributed by atoms with Crippen LogP contribution in [0.3, 0.4) is 0 Å². The Morgan fingerprint density at radius 2 is 1.61 bits per heavy atom. The fourth-order valence-electron chi connectivity index (χ4n) is 4.06. The first-order valence-corrected chi connectivity index (χ1v) is 16.3. The summed E-state index contributed by atoms with van der Waals surface area (Å²) in [6.45, 7) is 3.19. The summed E-state index contributed by atoms with van der Waals surface area (Å²) < 4.78 is 60.7. The maximum absolute atomic E-state index is 13.0. The van der Waals surface area contributed by atoms with Gasteiger partial charge < -0.3 is 4.74 Å². The van der Waals surface area contributed by atoms with Gasteiger partial charge in [-0.05, 0) is 74.2 Å². The van der Waals surface area contributed by atoms with Crippen LogP contribution in [0.5, 0.6) is 5.75 Å². The molecule has 1 aliphatic heterocycles. The second kappa shape index (κ2) is 12.5. The summed E-state index contributed by atoms with van der Waals surface area (Å²) in [5, 5.41) is 0. The van der Waals surface area contributed by atoms with Crippen molar-refractivity contribution in [3.05, 3.63) is 60.4 Å². The molecule has 1 saturated heterocycles. The highest BCUT2D eigenvalue weighted by Gasteiger charge is 2.26. The number of hydrogen-bond acceptors (Lipinski definition) is 8. The van der Waals surface area contributed by atoms with Crippen LogP contribution >= 0.6 is 11.8 Å². The average molecular weight is 577 g/mol. The van der Waals surface area contributed by atoms with E-state index in [1.54, 1.807) is 46.9 Å². The minimum atomic E-state index is -3.87. The lowest BCUT2D eigenvalue weighted by molar-refractivity contribution is 0.346. The van der Waals surface area contributed by atoms with Gasteiger partial charge in [0.25, 0.3) is 10.0 Å². The van der Waals surface area contributed by atoms with Crippen molar-refractivity contribution in [3.63, 3.8) is 0 Å². The molecule has 1 aromatic heterocycles. The Morgan fingerprint density at radius 1 is 0.947 bits per heavy atom. The zero-order valence-electron chi connectivity index (χ0n) is 21.5. The summed E-state index contributed by atoms with van der Waals surface area (Å²) in [6.07, 6.45) is 6.92. The van der Waals surface area contributed by atoms with Gasteiger partial charge in [0.1, 0.15) is 5.75 Å². The summed E-state index contributed by atoms with van der Waals surface area (Å²) in [5.41, 5.74) is 0.726. The Hall–Kier alpha value is -2.67. The summed E-state index contributed by atoms with van der Waals surface area (Å²) >= 11 is 1.42. The van der Waals surface area contributed by atoms with Gasteiger partial charge >= 0.3 is 0 Å². The molecule has 0 amide bonds. The van der Waals surface area contributed by atoms with E-state index < -0.39 is 20.0 Å². The fraction of sp³-hybridized carbons (Fsp3) is 0.385. The topological polar surface area (TPSA) is 119 Å². The van der Waals surface area contributed by atoms with Gasteiger partial charge in [0.05, 0.1) is 27.5 Å². The zero-order chi connectivity index (χ0) is 27.2. The Bertz CT molecular complexity index is 1440. The molecule has 9 nitrogen and oxygen atoms in total. The number of unbranched alkanes of at least 4 members (excludes halogenated alkanes) is 1. The van der Waals surface area contributed by atoms with Gasteiger partial charge in [-0.3, -0.25) is 0 Å². The summed E-state index contributed by atoms with van der Waals surface area (Å²) in [4.78, 5) is 10.8. The molecule has 0 saturated carbocycles. The molecule has 1 aliphatic rings. The van der Waals surface area contributed by atoms with Crippen LogP contribution in [0.4, 0.5) is 5.95 Å². The molecule has 0 spiro atoms. The van der Waals surface area contributed by atoms with E-state index >= 15 is 0 Å². The molecule has 0 aliphatic carbocycles. The molecule has 12 heteroatoms. The predicted octanol–water partition coefficient (Wildman–Crippen LogP) is 4.95. The molecule has 38 heavy (non-hydrogen) atoms. The van der Waals surface area contributed by atoms with Crippen molar-refractivity contribution in [1.82, 2.24) is 14.3 Å². The van der Waals surface area contributed by atoms with Gasteiger partial charge in [0.15, 0.2) is 0 Å². The van der Waals surface area contributed by atoms with E-state index in [2.05, 4.69) is 21.6 Å². The van der Waals surface area contributed by atoms with Crippen molar-refractivity contribution in [2.75, 3.05) is 24.9 Å². The highest BCUT2D eigenvalue weighted by atomic mass is 32.2. The summed E-state index contributed by atoms with van der Waals surface area (Å²) in [6, 6.07) is 12.9. The van der Waals surface area contributed by atoms with Crippen molar-refractivity contribution in [1.29, 1.82) is 0 Å². The molecule has 2 aromatic carbocycles. The van der Waals surface area contributed by atoms with Crippen LogP contribution in [0.1, 0.15) is 44.7 Å². The van der Waals surface area contributed by atoms with E-state index in [-0.39, 0.29) is 15.7 Å². The van der Waals surface area contributed by atoms with Crippen LogP contribution in [-0.4, -0.2) is 51.3 Å². The molecule has 1 N–H and O–H groups in total. The molecule has 2 heterocycles. The van der Waals surface area contributed by atoms with Gasteiger partial charge in [-0.1, -0.05) is 31.5 Å². The van der Waals surface area contributed by atoms with E-state index in [4.69, 9.17) is 4.74 Å². The van der Waals surface area contributed by atoms with E-state index in [0.29, 0.717) is 25.3 Å². The fourth-order valence-corrected chi connectivity index (χ4v) is 7.42. The lowest BCUT2D eigenvalue weighted by atomic mass is 10.2. The number of aryl methyl sites for hydroxylation is 1. The number of rotatable bonds is 11. The number of anilines is 1. The van der Waals surface area contributed by atoms with E-state index in [9.17, 15) is 16.8 Å². The number of piperidine rings is 1. The molecular weight excluding hydrogens is 545 g/mol. The summed E-state index contributed by atoms with van der Waals surface area (Å²) in [5.74, 6) is 0.555. The van der Waals surface area contributed by atoms with Crippen LogP contribution in [0, 0.1) is 0 Å². The molecule has 1 fully saturated rings. The zero-order valence-corrected chi connectivity index (χ0v) is 23.9. The lowest BCUT2D eigenvalue weighted by Crippen LogP contribution is -2.35. The number of hydrogen-bond donors (Lipinski definition) is 1. The van der Waals surface area contributed by atoms with Gasteiger partial charge in [-0.15, -0.1) is 0 Å². The standard InChI is InChI=1S/C26H32N4O5S3/c1-3-4-8-24-25(19-27-26(28-24)29-37(31,32)22-13-9-20(35-2)10-14-22)36-21-11-15-23(16-12-21)38(33,34)30-17-6-5-7-18-30/h9-16,19H,3-8,17-18H2,1-2H3,(H,27,28,29). The normalized spacial score (nSPS) is 14.8. The van der Waals surface area contributed by atoms with Crippen molar-refractivity contribution in [2.45, 2.75) is 65.0 Å². The number of aromatic nitrogens is 2. The third-order valence-electron chi connectivity index (χ3n) is 6.20. The summed E-state index contributed by atoms with van der Waals surface area (Å²) in [7, 11) is -5.86. The number of ether oxygens (including phenoxy) is 1. The van der Waals surface area contributed by atoms with Crippen molar-refractivity contribution >= 4 is 37.8 Å². The minimum Gasteiger partial charge on any atom is -0.497 e. The van der Waals surface area contributed by atoms with E-state index in [0.717, 1.165) is 47.6 Å². The second-order valence-electron chi connectivity index (χ2n) is 8.93. The molecule has 204 valence electrons. The Morgan fingerprint density at radius 3 is 2.24 bits per heavy atom. The largest absolute Gasteiger partial charge is 0.497 e. The average Bonchev–Trinajstić information content (AvgIpc) is 2.93. The molecule has 0 radical (unpaired) electrons. The second-order valence-corrected chi connectivity index (χ2v) is 13.7. The third-order valence-corrected chi connectivity index (χ3v) is 10.5. The Balaban J connectivity index is 1.52. The highest BCUT2D eigenvalue weighted by molar-refractivity contribution is 7.99. The number of methoxy groups -OCH3 is 1. The van der Waals surface area contributed by atoms with Gasteiger partial charge in [0.2, 0.25) is 16.0 Å². The number of nitrogens with zero attached hydrogens (tertiary/aromatic N) is 3. The van der Waals surface area contributed by atoms with Gasteiger partial charge in [0, 0.05) is 24.2 Å². The maximum atomic E-state index is 13.0. The first-order valence-electron chi connectivity index (χ1n) is 12.5. The molecule has 3 aromatic rings.